The summed E-state index contributed by atoms with van der Waals surface area (Å²) in [6.45, 7) is 8.00. The molecule has 0 aliphatic carbocycles. The molecule has 0 saturated heterocycles. The van der Waals surface area contributed by atoms with E-state index in [1.54, 1.807) is 12.3 Å². The van der Waals surface area contributed by atoms with Crippen molar-refractivity contribution in [3.63, 3.8) is 0 Å². The van der Waals surface area contributed by atoms with Crippen LogP contribution in [0.5, 0.6) is 0 Å². The summed E-state index contributed by atoms with van der Waals surface area (Å²) in [5.74, 6) is 0.514. The fourth-order valence-electron chi connectivity index (χ4n) is 1.49. The monoisotopic (exact) mass is 289 g/mol. The largest absolute Gasteiger partial charge is 0.305 e. The predicted molar refractivity (Wildman–Crippen MR) is 86.2 cm³/mol. The molecule has 0 fully saturated rings. The molecule has 5 heteroatoms. The minimum atomic E-state index is -0.119. The van der Waals surface area contributed by atoms with Crippen molar-refractivity contribution < 1.29 is 0 Å². The van der Waals surface area contributed by atoms with Crippen LogP contribution < -0.4 is 5.56 Å². The summed E-state index contributed by atoms with van der Waals surface area (Å²) in [5.41, 5.74) is 0.557. The second kappa shape index (κ2) is 8.22. The van der Waals surface area contributed by atoms with Gasteiger partial charge in [-0.2, -0.15) is 0 Å². The van der Waals surface area contributed by atoms with Gasteiger partial charge in [-0.15, -0.1) is 11.3 Å². The van der Waals surface area contributed by atoms with Crippen LogP contribution in [0.15, 0.2) is 40.6 Å². The molecule has 3 heterocycles. The van der Waals surface area contributed by atoms with Crippen LogP contribution in [-0.4, -0.2) is 15.0 Å². The third kappa shape index (κ3) is 3.51. The number of aromatic nitrogens is 3. The number of rotatable bonds is 1. The molecule has 0 atom stereocenters. The van der Waals surface area contributed by atoms with Crippen LogP contribution >= 0.6 is 11.3 Å². The van der Waals surface area contributed by atoms with Crippen LogP contribution in [0.1, 0.15) is 27.7 Å². The topological polar surface area (TPSA) is 58.6 Å². The summed E-state index contributed by atoms with van der Waals surface area (Å²) in [7, 11) is 0. The lowest BCUT2D eigenvalue weighted by atomic mass is 10.3. The van der Waals surface area contributed by atoms with Gasteiger partial charge in [-0.1, -0.05) is 33.8 Å². The Kier molecular flexibility index (Phi) is 6.59. The summed E-state index contributed by atoms with van der Waals surface area (Å²) in [5, 5.41) is 2.49. The molecule has 0 spiro atoms. The molecule has 0 amide bonds. The van der Waals surface area contributed by atoms with Crippen molar-refractivity contribution in [2.45, 2.75) is 27.7 Å². The van der Waals surface area contributed by atoms with Gasteiger partial charge in [-0.05, 0) is 23.6 Å². The molecule has 0 aliphatic heterocycles. The zero-order valence-corrected chi connectivity index (χ0v) is 13.0. The second-order valence-corrected chi connectivity index (χ2v) is 4.16. The molecule has 0 radical (unpaired) electrons. The summed E-state index contributed by atoms with van der Waals surface area (Å²) >= 11 is 1.45. The van der Waals surface area contributed by atoms with Gasteiger partial charge in [0.1, 0.15) is 10.5 Å². The highest BCUT2D eigenvalue weighted by molar-refractivity contribution is 7.16. The van der Waals surface area contributed by atoms with Crippen molar-refractivity contribution in [1.29, 1.82) is 0 Å². The zero-order chi connectivity index (χ0) is 15.0. The Balaban J connectivity index is 0.000000461. The first-order chi connectivity index (χ1) is 9.84. The van der Waals surface area contributed by atoms with E-state index in [1.807, 2.05) is 51.3 Å². The number of thiophene rings is 1. The number of hydrogen-bond acceptors (Lipinski definition) is 4. The van der Waals surface area contributed by atoms with Crippen molar-refractivity contribution in [2.24, 2.45) is 0 Å². The van der Waals surface area contributed by atoms with E-state index < -0.39 is 0 Å². The quantitative estimate of drug-likeness (QED) is 0.733. The minimum Gasteiger partial charge on any atom is -0.305 e. The van der Waals surface area contributed by atoms with E-state index in [4.69, 9.17) is 0 Å². The van der Waals surface area contributed by atoms with Gasteiger partial charge in [0.05, 0.1) is 5.39 Å². The number of pyridine rings is 1. The molecule has 0 bridgehead atoms. The van der Waals surface area contributed by atoms with E-state index >= 15 is 0 Å². The predicted octanol–water partition coefficient (Wildman–Crippen LogP) is 4.10. The number of hydrogen-bond donors (Lipinski definition) is 1. The fraction of sp³-hybridized carbons (Fsp3) is 0.267. The standard InChI is InChI=1S/C11H7N3OS.2C2H6/c15-10-7-4-6-16-11(7)14-9(13-10)8-3-1-2-5-12-8;2*1-2/h1-6H,(H,13,14,15);2*1-2H3. The number of fused-ring (bicyclic) bond motifs is 1. The molecule has 1 N–H and O–H groups in total. The Morgan fingerprint density at radius 3 is 2.50 bits per heavy atom. The van der Waals surface area contributed by atoms with Crippen molar-refractivity contribution in [1.82, 2.24) is 15.0 Å². The fourth-order valence-corrected chi connectivity index (χ4v) is 2.25. The Morgan fingerprint density at radius 1 is 1.10 bits per heavy atom. The minimum absolute atomic E-state index is 0.119. The van der Waals surface area contributed by atoms with Gasteiger partial charge in [-0.3, -0.25) is 9.78 Å². The third-order valence-electron chi connectivity index (χ3n) is 2.24. The Hall–Kier alpha value is -2.01. The zero-order valence-electron chi connectivity index (χ0n) is 12.2. The highest BCUT2D eigenvalue weighted by atomic mass is 32.1. The lowest BCUT2D eigenvalue weighted by Crippen LogP contribution is -2.08. The summed E-state index contributed by atoms with van der Waals surface area (Å²) in [4.78, 5) is 23.7. The molecule has 0 aliphatic rings. The normalized spacial score (nSPS) is 9.20. The van der Waals surface area contributed by atoms with Gasteiger partial charge in [0.2, 0.25) is 0 Å². The van der Waals surface area contributed by atoms with Crippen LogP contribution in [0.4, 0.5) is 0 Å². The molecule has 0 unspecified atom stereocenters. The SMILES string of the molecule is CC.CC.O=c1[nH]c(-c2ccccn2)nc2sccc12. The first kappa shape index (κ1) is 16.0. The lowest BCUT2D eigenvalue weighted by molar-refractivity contribution is 1.15. The smallest absolute Gasteiger partial charge is 0.259 e. The van der Waals surface area contributed by atoms with E-state index in [0.29, 0.717) is 16.9 Å². The molecule has 3 aromatic heterocycles. The first-order valence-corrected chi connectivity index (χ1v) is 7.61. The van der Waals surface area contributed by atoms with Crippen LogP contribution in [0.3, 0.4) is 0 Å². The van der Waals surface area contributed by atoms with Gasteiger partial charge in [0, 0.05) is 6.20 Å². The van der Waals surface area contributed by atoms with Crippen molar-refractivity contribution in [3.8, 4) is 11.5 Å². The summed E-state index contributed by atoms with van der Waals surface area (Å²) in [6, 6.07) is 7.28. The molecular weight excluding hydrogens is 270 g/mol. The first-order valence-electron chi connectivity index (χ1n) is 6.73. The maximum Gasteiger partial charge on any atom is 0.259 e. The number of aromatic amines is 1. The molecule has 20 heavy (non-hydrogen) atoms. The van der Waals surface area contributed by atoms with Crippen molar-refractivity contribution in [3.05, 3.63) is 46.2 Å². The van der Waals surface area contributed by atoms with Crippen LogP contribution in [0, 0.1) is 0 Å². The van der Waals surface area contributed by atoms with E-state index in [1.165, 1.54) is 11.3 Å². The highest BCUT2D eigenvalue weighted by Crippen LogP contribution is 2.17. The average Bonchev–Trinajstić information content (AvgIpc) is 3.01. The molecular formula is C15H19N3OS. The third-order valence-corrected chi connectivity index (χ3v) is 3.05. The number of H-pyrrole nitrogens is 1. The van der Waals surface area contributed by atoms with Gasteiger partial charge in [0.15, 0.2) is 5.82 Å². The Labute approximate surface area is 122 Å². The van der Waals surface area contributed by atoms with Gasteiger partial charge < -0.3 is 4.98 Å². The Bertz CT molecular complexity index is 689. The molecule has 3 rings (SSSR count). The molecule has 0 saturated carbocycles. The molecule has 3 aromatic rings. The maximum absolute atomic E-state index is 11.7. The summed E-state index contributed by atoms with van der Waals surface area (Å²) in [6.07, 6.45) is 1.67. The number of nitrogens with one attached hydrogen (secondary N) is 1. The lowest BCUT2D eigenvalue weighted by Gasteiger charge is -1.98. The highest BCUT2D eigenvalue weighted by Gasteiger charge is 2.06. The van der Waals surface area contributed by atoms with Crippen molar-refractivity contribution >= 4 is 21.6 Å². The van der Waals surface area contributed by atoms with Crippen LogP contribution in [0.25, 0.3) is 21.7 Å². The van der Waals surface area contributed by atoms with Crippen LogP contribution in [-0.2, 0) is 0 Å². The van der Waals surface area contributed by atoms with Gasteiger partial charge in [0.25, 0.3) is 5.56 Å². The van der Waals surface area contributed by atoms with Gasteiger partial charge in [-0.25, -0.2) is 4.98 Å². The molecule has 106 valence electrons. The number of nitrogens with zero attached hydrogens (tertiary/aromatic N) is 2. The van der Waals surface area contributed by atoms with E-state index in [2.05, 4.69) is 15.0 Å². The van der Waals surface area contributed by atoms with Crippen molar-refractivity contribution in [2.75, 3.05) is 0 Å². The maximum atomic E-state index is 11.7. The Morgan fingerprint density at radius 2 is 1.85 bits per heavy atom. The van der Waals surface area contributed by atoms with Gasteiger partial charge >= 0.3 is 0 Å². The second-order valence-electron chi connectivity index (χ2n) is 3.27. The molecule has 0 aromatic carbocycles. The van der Waals surface area contributed by atoms with Crippen LogP contribution in [0.2, 0.25) is 0 Å². The van der Waals surface area contributed by atoms with E-state index in [9.17, 15) is 4.79 Å². The summed E-state index contributed by atoms with van der Waals surface area (Å²) < 4.78 is 0. The molecule has 4 nitrogen and oxygen atoms in total. The van der Waals surface area contributed by atoms with E-state index in [0.717, 1.165) is 4.83 Å². The van der Waals surface area contributed by atoms with E-state index in [-0.39, 0.29) is 5.56 Å². The average molecular weight is 289 g/mol.